The second-order valence-corrected chi connectivity index (χ2v) is 0.490. The zero-order valence-corrected chi connectivity index (χ0v) is 9.14. The molecule has 0 aromatic heterocycles. The SMILES string of the molecule is O=PO.O=PO.[Cd+2]. The molecule has 36 valence electrons. The smallest absolute Gasteiger partial charge is 0.310 e. The molecule has 0 atom stereocenters. The van der Waals surface area contributed by atoms with Crippen LogP contribution in [0.5, 0.6) is 0 Å². The number of hydrogen-bond acceptors (Lipinski definition) is 2. The molecular weight excluding hydrogens is 238 g/mol. The van der Waals surface area contributed by atoms with E-state index in [1.165, 1.54) is 0 Å². The Labute approximate surface area is 63.7 Å². The van der Waals surface area contributed by atoms with Crippen LogP contribution in [0.15, 0.2) is 0 Å². The summed E-state index contributed by atoms with van der Waals surface area (Å²) in [7, 11) is -1.67. The van der Waals surface area contributed by atoms with E-state index >= 15 is 0 Å². The Morgan fingerprint density at radius 3 is 1.00 bits per heavy atom. The van der Waals surface area contributed by atoms with Crippen molar-refractivity contribution in [3.8, 4) is 0 Å². The van der Waals surface area contributed by atoms with Crippen LogP contribution in [-0.4, -0.2) is 9.79 Å². The van der Waals surface area contributed by atoms with Crippen LogP contribution >= 0.6 is 17.4 Å². The van der Waals surface area contributed by atoms with Gasteiger partial charge in [-0.1, -0.05) is 0 Å². The Hall–Kier alpha value is 1.04. The van der Waals surface area contributed by atoms with Crippen molar-refractivity contribution in [3.63, 3.8) is 0 Å². The standard InChI is InChI=1S/Cd.2HO2P/c;2*1-3-2/h;2*(H,1,2)/q+2;;. The Morgan fingerprint density at radius 1 is 1.00 bits per heavy atom. The van der Waals surface area contributed by atoms with Crippen molar-refractivity contribution in [1.82, 2.24) is 0 Å². The van der Waals surface area contributed by atoms with Crippen LogP contribution < -0.4 is 0 Å². The van der Waals surface area contributed by atoms with Crippen molar-refractivity contribution in [2.45, 2.75) is 0 Å². The third-order valence-corrected chi connectivity index (χ3v) is 0. The van der Waals surface area contributed by atoms with Crippen molar-refractivity contribution in [2.24, 2.45) is 0 Å². The summed E-state index contributed by atoms with van der Waals surface area (Å²) in [5, 5.41) is 0. The van der Waals surface area contributed by atoms with E-state index in [4.69, 9.17) is 18.9 Å². The van der Waals surface area contributed by atoms with Gasteiger partial charge in [0, 0.05) is 0 Å². The Morgan fingerprint density at radius 2 is 1.00 bits per heavy atom. The first kappa shape index (κ1) is 15.7. The summed E-state index contributed by atoms with van der Waals surface area (Å²) >= 11 is 0. The molecule has 0 aliphatic rings. The molecule has 0 fully saturated rings. The fourth-order valence-electron chi connectivity index (χ4n) is 0. The first-order valence-electron chi connectivity index (χ1n) is 0.765. The van der Waals surface area contributed by atoms with Gasteiger partial charge in [0.15, 0.2) is 0 Å². The molecular formula is H2CdO4P2+2. The molecule has 0 saturated heterocycles. The summed E-state index contributed by atoms with van der Waals surface area (Å²) < 4.78 is 16.9. The summed E-state index contributed by atoms with van der Waals surface area (Å²) in [6, 6.07) is 0. The largest absolute Gasteiger partial charge is 2.00 e. The summed E-state index contributed by atoms with van der Waals surface area (Å²) in [5.74, 6) is 0. The second kappa shape index (κ2) is 27.8. The molecule has 7 heteroatoms. The Kier molecular flexibility index (Phi) is 62.3. The van der Waals surface area contributed by atoms with Crippen LogP contribution in [-0.2, 0) is 36.4 Å². The maximum atomic E-state index is 8.46. The van der Waals surface area contributed by atoms with Gasteiger partial charge in [-0.2, -0.15) is 0 Å². The summed E-state index contributed by atoms with van der Waals surface area (Å²) in [4.78, 5) is 14.0. The van der Waals surface area contributed by atoms with E-state index in [-0.39, 0.29) is 27.3 Å². The van der Waals surface area contributed by atoms with Gasteiger partial charge in [0.25, 0.3) is 0 Å². The zero-order chi connectivity index (χ0) is 5.41. The topological polar surface area (TPSA) is 74.6 Å². The third kappa shape index (κ3) is 165. The van der Waals surface area contributed by atoms with E-state index in [0.717, 1.165) is 0 Å². The average molecular weight is 240 g/mol. The van der Waals surface area contributed by atoms with Crippen LogP contribution in [0.4, 0.5) is 0 Å². The zero-order valence-electron chi connectivity index (χ0n) is 3.31. The molecule has 0 aliphatic carbocycles. The van der Waals surface area contributed by atoms with Gasteiger partial charge >= 0.3 is 44.7 Å². The number of hydrogen-bond donors (Lipinski definition) is 2. The molecule has 0 radical (unpaired) electrons. The maximum Gasteiger partial charge on any atom is 2.00 e. The summed E-state index contributed by atoms with van der Waals surface area (Å²) in [6.07, 6.45) is 0. The minimum absolute atomic E-state index is 0. The van der Waals surface area contributed by atoms with Crippen molar-refractivity contribution in [1.29, 1.82) is 0 Å². The molecule has 0 spiro atoms. The maximum absolute atomic E-state index is 8.46. The molecule has 0 amide bonds. The van der Waals surface area contributed by atoms with Gasteiger partial charge < -0.3 is 9.79 Å². The van der Waals surface area contributed by atoms with Crippen LogP contribution in [0, 0.1) is 0 Å². The van der Waals surface area contributed by atoms with E-state index in [1.54, 1.807) is 0 Å². The minimum atomic E-state index is -0.833. The van der Waals surface area contributed by atoms with Gasteiger partial charge in [0.2, 0.25) is 0 Å². The van der Waals surface area contributed by atoms with Gasteiger partial charge in [-0.15, -0.1) is 0 Å². The average Bonchev–Trinajstić information content (AvgIpc) is 1.39. The van der Waals surface area contributed by atoms with Crippen molar-refractivity contribution in [3.05, 3.63) is 0 Å². The first-order valence-corrected chi connectivity index (χ1v) is 2.30. The van der Waals surface area contributed by atoms with Crippen LogP contribution in [0.1, 0.15) is 0 Å². The van der Waals surface area contributed by atoms with E-state index < -0.39 is 17.4 Å². The minimum Gasteiger partial charge on any atom is -0.310 e. The molecule has 0 heterocycles. The molecule has 2 N–H and O–H groups in total. The Balaban J connectivity index is -0.0000000400. The van der Waals surface area contributed by atoms with Crippen LogP contribution in [0.25, 0.3) is 0 Å². The predicted octanol–water partition coefficient (Wildman–Crippen LogP) is 0.368. The fourth-order valence-corrected chi connectivity index (χ4v) is 0. The van der Waals surface area contributed by atoms with Crippen molar-refractivity contribution >= 4 is 17.4 Å². The van der Waals surface area contributed by atoms with E-state index in [0.29, 0.717) is 0 Å². The molecule has 0 rings (SSSR count). The van der Waals surface area contributed by atoms with Crippen molar-refractivity contribution in [2.75, 3.05) is 0 Å². The van der Waals surface area contributed by atoms with Crippen molar-refractivity contribution < 1.29 is 46.2 Å². The quantitative estimate of drug-likeness (QED) is 0.474. The molecule has 4 nitrogen and oxygen atoms in total. The van der Waals surface area contributed by atoms with E-state index in [2.05, 4.69) is 0 Å². The normalized spacial score (nSPS) is 6.00. The first-order chi connectivity index (χ1) is 2.83. The second-order valence-electron chi connectivity index (χ2n) is 0.163. The summed E-state index contributed by atoms with van der Waals surface area (Å²) in [5.41, 5.74) is 0. The van der Waals surface area contributed by atoms with Crippen LogP contribution in [0.2, 0.25) is 0 Å². The molecule has 7 heavy (non-hydrogen) atoms. The molecule has 0 saturated carbocycles. The fraction of sp³-hybridized carbons (Fsp3) is 0. The molecule has 0 aliphatic heterocycles. The van der Waals surface area contributed by atoms with Gasteiger partial charge in [0.05, 0.1) is 0 Å². The third-order valence-electron chi connectivity index (χ3n) is 0. The van der Waals surface area contributed by atoms with E-state index in [9.17, 15) is 0 Å². The number of rotatable bonds is 0. The monoisotopic (exact) mass is 242 g/mol. The van der Waals surface area contributed by atoms with Gasteiger partial charge in [-0.25, -0.2) is 9.13 Å². The summed E-state index contributed by atoms with van der Waals surface area (Å²) in [6.45, 7) is 0. The molecule has 0 aromatic rings. The van der Waals surface area contributed by atoms with Gasteiger partial charge in [0.1, 0.15) is 0 Å². The molecule has 0 bridgehead atoms. The molecule has 0 unspecified atom stereocenters. The Bertz CT molecular complexity index is 30.7. The molecule has 0 aromatic carbocycles. The predicted molar refractivity (Wildman–Crippen MR) is 19.7 cm³/mol. The van der Waals surface area contributed by atoms with Crippen LogP contribution in [0.3, 0.4) is 0 Å². The van der Waals surface area contributed by atoms with E-state index in [1.807, 2.05) is 0 Å². The van der Waals surface area contributed by atoms with Gasteiger partial charge in [-0.05, 0) is 0 Å². The van der Waals surface area contributed by atoms with Gasteiger partial charge in [-0.3, -0.25) is 0 Å².